The number of rotatable bonds is 6. The molecule has 0 spiro atoms. The van der Waals surface area contributed by atoms with Gasteiger partial charge in [-0.05, 0) is 62.1 Å². The van der Waals surface area contributed by atoms with Crippen molar-refractivity contribution in [3.63, 3.8) is 0 Å². The Morgan fingerprint density at radius 2 is 1.91 bits per heavy atom. The highest BCUT2D eigenvalue weighted by Crippen LogP contribution is 2.27. The molecule has 35 heavy (non-hydrogen) atoms. The fourth-order valence-corrected chi connectivity index (χ4v) is 3.86. The van der Waals surface area contributed by atoms with Gasteiger partial charge in [0.15, 0.2) is 5.82 Å². The molecular weight excluding hydrogens is 440 g/mol. The zero-order valence-corrected chi connectivity index (χ0v) is 19.4. The molecule has 1 amide bonds. The smallest absolute Gasteiger partial charge is 0.298 e. The van der Waals surface area contributed by atoms with E-state index >= 15 is 0 Å². The van der Waals surface area contributed by atoms with Crippen molar-refractivity contribution in [3.05, 3.63) is 72.1 Å². The highest BCUT2D eigenvalue weighted by Gasteiger charge is 2.22. The van der Waals surface area contributed by atoms with Crippen LogP contribution in [0.3, 0.4) is 0 Å². The number of carbonyl (C=O) groups excluding carboxylic acids is 1. The van der Waals surface area contributed by atoms with Crippen LogP contribution in [-0.4, -0.2) is 45.8 Å². The Morgan fingerprint density at radius 1 is 1.17 bits per heavy atom. The number of benzene rings is 2. The Balaban J connectivity index is 1.51. The minimum absolute atomic E-state index is 0.0685. The van der Waals surface area contributed by atoms with Crippen molar-refractivity contribution in [1.82, 2.24) is 14.9 Å². The van der Waals surface area contributed by atoms with Crippen molar-refractivity contribution < 1.29 is 9.53 Å². The zero-order chi connectivity index (χ0) is 24.6. The summed E-state index contributed by atoms with van der Waals surface area (Å²) in [7, 11) is 0. The average Bonchev–Trinajstić information content (AvgIpc) is 2.88. The van der Waals surface area contributed by atoms with Crippen molar-refractivity contribution in [2.24, 2.45) is 10.9 Å². The quantitative estimate of drug-likeness (QED) is 0.416. The molecule has 2 aromatic carbocycles. The second-order valence-corrected chi connectivity index (χ2v) is 8.08. The summed E-state index contributed by atoms with van der Waals surface area (Å²) in [5, 5.41) is 8.76. The zero-order valence-electron chi connectivity index (χ0n) is 19.4. The first-order valence-electron chi connectivity index (χ1n) is 11.3. The minimum atomic E-state index is -0.168. The van der Waals surface area contributed by atoms with Gasteiger partial charge in [-0.3, -0.25) is 10.2 Å². The summed E-state index contributed by atoms with van der Waals surface area (Å²) in [6.07, 6.45) is 4.90. The van der Waals surface area contributed by atoms with Gasteiger partial charge in [-0.25, -0.2) is 15.0 Å². The summed E-state index contributed by atoms with van der Waals surface area (Å²) in [6, 6.07) is 16.7. The van der Waals surface area contributed by atoms with Gasteiger partial charge in [-0.15, -0.1) is 0 Å². The third kappa shape index (κ3) is 5.89. The Bertz CT molecular complexity index is 1290. The summed E-state index contributed by atoms with van der Waals surface area (Å²) in [5.74, 6) is 7.05. The molecule has 1 fully saturated rings. The maximum atomic E-state index is 12.1. The van der Waals surface area contributed by atoms with Crippen molar-refractivity contribution in [3.8, 4) is 23.3 Å². The molecule has 1 atom stereocenters. The van der Waals surface area contributed by atoms with Gasteiger partial charge < -0.3 is 15.4 Å². The van der Waals surface area contributed by atoms with Crippen molar-refractivity contribution in [2.75, 3.05) is 18.8 Å². The molecule has 8 heteroatoms. The minimum Gasteiger partial charge on any atom is -0.457 e. The van der Waals surface area contributed by atoms with Crippen molar-refractivity contribution >= 4 is 29.5 Å². The molecule has 0 bridgehead atoms. The molecule has 1 aliphatic heterocycles. The van der Waals surface area contributed by atoms with Gasteiger partial charge in [0.1, 0.15) is 23.6 Å². The maximum Gasteiger partial charge on any atom is 0.298 e. The van der Waals surface area contributed by atoms with E-state index in [0.717, 1.165) is 18.6 Å². The normalized spacial score (nSPS) is 15.3. The monoisotopic (exact) mass is 466 g/mol. The lowest BCUT2D eigenvalue weighted by Crippen LogP contribution is -2.39. The van der Waals surface area contributed by atoms with E-state index in [4.69, 9.17) is 15.9 Å². The average molecular weight is 467 g/mol. The Labute approximate surface area is 204 Å². The highest BCUT2D eigenvalue weighted by molar-refractivity contribution is 6.16. The van der Waals surface area contributed by atoms with Crippen LogP contribution in [0.15, 0.2) is 65.9 Å². The molecule has 2 heterocycles. The first-order valence-corrected chi connectivity index (χ1v) is 11.3. The van der Waals surface area contributed by atoms with Crippen LogP contribution >= 0.6 is 0 Å². The first kappa shape index (κ1) is 23.6. The lowest BCUT2D eigenvalue weighted by molar-refractivity contribution is -0.126. The fourth-order valence-electron chi connectivity index (χ4n) is 3.86. The number of para-hydroxylation sites is 1. The van der Waals surface area contributed by atoms with E-state index in [9.17, 15) is 4.79 Å². The van der Waals surface area contributed by atoms with Gasteiger partial charge in [0.2, 0.25) is 0 Å². The number of hydrogen-bond donors (Lipinski definition) is 2. The molecule has 3 aromatic rings. The second kappa shape index (κ2) is 11.1. The van der Waals surface area contributed by atoms with Crippen LogP contribution in [0.2, 0.25) is 0 Å². The first-order chi connectivity index (χ1) is 17.0. The van der Waals surface area contributed by atoms with Crippen LogP contribution < -0.4 is 10.5 Å². The van der Waals surface area contributed by atoms with E-state index in [1.165, 1.54) is 6.33 Å². The van der Waals surface area contributed by atoms with Gasteiger partial charge in [-0.1, -0.05) is 24.1 Å². The summed E-state index contributed by atoms with van der Waals surface area (Å²) in [6.45, 7) is 2.89. The molecule has 1 aliphatic rings. The predicted molar refractivity (Wildman–Crippen MR) is 136 cm³/mol. The molecule has 1 aromatic heterocycles. The number of nitrogen functional groups attached to an aromatic ring is 1. The number of aromatic nitrogens is 2. The number of piperidine rings is 1. The lowest BCUT2D eigenvalue weighted by atomic mass is 9.99. The van der Waals surface area contributed by atoms with E-state index in [2.05, 4.69) is 26.8 Å². The Kier molecular flexibility index (Phi) is 7.48. The SMILES string of the molecule is CC#CC(=O)N1CCCC(C=Nc2ncnc(N)c2C(=N)c2ccc(Oc3ccccc3)cc2)C1. The molecule has 1 unspecified atom stereocenters. The number of likely N-dealkylation sites (tertiary alicyclic amines) is 1. The molecule has 0 aliphatic carbocycles. The fraction of sp³-hybridized carbons (Fsp3) is 0.222. The molecule has 1 saturated heterocycles. The third-order valence-electron chi connectivity index (χ3n) is 5.61. The van der Waals surface area contributed by atoms with Gasteiger partial charge >= 0.3 is 0 Å². The van der Waals surface area contributed by atoms with Crippen LogP contribution in [0.25, 0.3) is 0 Å². The molecule has 176 valence electrons. The van der Waals surface area contributed by atoms with Gasteiger partial charge in [0.05, 0.1) is 11.3 Å². The summed E-state index contributed by atoms with van der Waals surface area (Å²) in [5.41, 5.74) is 7.30. The predicted octanol–water partition coefficient (Wildman–Crippen LogP) is 4.23. The topological polar surface area (TPSA) is 118 Å². The van der Waals surface area contributed by atoms with Crippen LogP contribution in [0.4, 0.5) is 11.6 Å². The molecular formula is C27H26N6O2. The number of carbonyl (C=O) groups is 1. The molecule has 3 N–H and O–H groups in total. The van der Waals surface area contributed by atoms with Gasteiger partial charge in [0, 0.05) is 30.8 Å². The number of anilines is 1. The van der Waals surface area contributed by atoms with Crippen LogP contribution in [-0.2, 0) is 4.79 Å². The number of nitrogens with two attached hydrogens (primary N) is 1. The second-order valence-electron chi connectivity index (χ2n) is 8.08. The number of nitrogens with zero attached hydrogens (tertiary/aromatic N) is 4. The number of amides is 1. The largest absolute Gasteiger partial charge is 0.457 e. The standard InChI is InChI=1S/C27H26N6O2/c1-2-7-23(34)33-15-6-8-19(17-33)16-30-27-24(26(29)31-18-32-27)25(28)20-11-13-22(14-12-20)35-21-9-4-3-5-10-21/h3-5,9-14,16,18-19,28H,6,8,15,17H2,1H3,(H2,29,31,32). The van der Waals surface area contributed by atoms with E-state index < -0.39 is 0 Å². The van der Waals surface area contributed by atoms with E-state index in [-0.39, 0.29) is 23.4 Å². The summed E-state index contributed by atoms with van der Waals surface area (Å²) in [4.78, 5) is 26.8. The maximum absolute atomic E-state index is 12.1. The number of aliphatic imine (C=N–C) groups is 1. The molecule has 0 radical (unpaired) electrons. The van der Waals surface area contributed by atoms with Gasteiger partial charge in [0.25, 0.3) is 5.91 Å². The molecule has 0 saturated carbocycles. The van der Waals surface area contributed by atoms with Crippen LogP contribution in [0.1, 0.15) is 30.9 Å². The van der Waals surface area contributed by atoms with E-state index in [0.29, 0.717) is 35.8 Å². The van der Waals surface area contributed by atoms with E-state index in [1.54, 1.807) is 42.3 Å². The number of nitrogens with one attached hydrogen (secondary N) is 1. The van der Waals surface area contributed by atoms with E-state index in [1.807, 2.05) is 30.3 Å². The summed E-state index contributed by atoms with van der Waals surface area (Å²) >= 11 is 0. The Morgan fingerprint density at radius 3 is 2.66 bits per heavy atom. The third-order valence-corrected chi connectivity index (χ3v) is 5.61. The van der Waals surface area contributed by atoms with Crippen molar-refractivity contribution in [2.45, 2.75) is 19.8 Å². The molecule has 8 nitrogen and oxygen atoms in total. The number of ether oxygens (including phenoxy) is 1. The Hall–Kier alpha value is -4.51. The summed E-state index contributed by atoms with van der Waals surface area (Å²) < 4.78 is 5.83. The number of hydrogen-bond acceptors (Lipinski definition) is 7. The van der Waals surface area contributed by atoms with Crippen LogP contribution in [0.5, 0.6) is 11.5 Å². The van der Waals surface area contributed by atoms with Crippen molar-refractivity contribution in [1.29, 1.82) is 5.41 Å². The molecule has 4 rings (SSSR count). The highest BCUT2D eigenvalue weighted by atomic mass is 16.5. The van der Waals surface area contributed by atoms with Crippen LogP contribution in [0, 0.1) is 23.2 Å². The van der Waals surface area contributed by atoms with Gasteiger partial charge in [-0.2, -0.15) is 0 Å². The lowest BCUT2D eigenvalue weighted by Gasteiger charge is -2.29.